The molecule has 10 atom stereocenters. The molecule has 2 fully saturated rings. The molecule has 0 spiro atoms. The fourth-order valence-electron chi connectivity index (χ4n) is 3.13. The number of aliphatic carboxylic acids is 1. The summed E-state index contributed by atoms with van der Waals surface area (Å²) in [5.74, 6) is -5.47. The van der Waals surface area contributed by atoms with E-state index < -0.39 is 99.1 Å². The minimum Gasteiger partial charge on any atom is -0.481 e. The molecule has 0 saturated carbocycles. The number of esters is 1. The molecule has 0 radical (unpaired) electrons. The summed E-state index contributed by atoms with van der Waals surface area (Å²) < 4.78 is 20.5. The Labute approximate surface area is 174 Å². The van der Waals surface area contributed by atoms with Crippen molar-refractivity contribution in [3.8, 4) is 0 Å². The first-order valence-corrected chi connectivity index (χ1v) is 9.17. The zero-order valence-electron chi connectivity index (χ0n) is 16.0. The summed E-state index contributed by atoms with van der Waals surface area (Å²) in [6.07, 6.45) is -17.2. The van der Waals surface area contributed by atoms with E-state index in [9.17, 15) is 50.4 Å². The Morgan fingerprint density at radius 2 is 1.55 bits per heavy atom. The molecule has 1 unspecified atom stereocenters. The number of hydrogen-bond donors (Lipinski definition) is 9. The molecule has 0 amide bonds. The predicted octanol–water partition coefficient (Wildman–Crippen LogP) is -6.01. The van der Waals surface area contributed by atoms with Gasteiger partial charge in [-0.25, -0.2) is 4.79 Å². The molecule has 2 heterocycles. The van der Waals surface area contributed by atoms with E-state index in [1.165, 1.54) is 0 Å². The first-order valence-electron chi connectivity index (χ1n) is 9.17. The van der Waals surface area contributed by atoms with E-state index >= 15 is 0 Å². The highest BCUT2D eigenvalue weighted by Gasteiger charge is 2.59. The van der Waals surface area contributed by atoms with Crippen LogP contribution in [0.3, 0.4) is 0 Å². The van der Waals surface area contributed by atoms with Gasteiger partial charge >= 0.3 is 11.9 Å². The van der Waals surface area contributed by atoms with E-state index in [4.69, 9.17) is 24.1 Å². The zero-order valence-corrected chi connectivity index (χ0v) is 16.0. The minimum atomic E-state index is -2.51. The molecule has 15 nitrogen and oxygen atoms in total. The van der Waals surface area contributed by atoms with Crippen molar-refractivity contribution in [1.29, 1.82) is 0 Å². The van der Waals surface area contributed by atoms with E-state index in [0.717, 1.165) is 0 Å². The molecule has 0 aromatic heterocycles. The highest BCUT2D eigenvalue weighted by molar-refractivity contribution is 5.80. The SMILES string of the molecule is O=C(O)CC(O)C(=O)OC[C@@]1(O[C@H]2O[C@H](CO)[C@@H](O)[C@H](O)[C@H]2O)O[C@H](CO)[C@@H](O)[C@@H]1O. The average Bonchev–Trinajstić information content (AvgIpc) is 2.96. The first-order chi connectivity index (χ1) is 14.5. The summed E-state index contributed by atoms with van der Waals surface area (Å²) in [4.78, 5) is 22.4. The molecule has 15 heteroatoms. The lowest BCUT2D eigenvalue weighted by Crippen LogP contribution is -2.63. The van der Waals surface area contributed by atoms with E-state index in [1.807, 2.05) is 0 Å². The van der Waals surface area contributed by atoms with Crippen LogP contribution >= 0.6 is 0 Å². The number of carboxylic acid groups (broad SMARTS) is 1. The second-order valence-electron chi connectivity index (χ2n) is 7.12. The quantitative estimate of drug-likeness (QED) is 0.146. The van der Waals surface area contributed by atoms with Gasteiger partial charge in [-0.05, 0) is 0 Å². The molecular weight excluding hydrogens is 432 g/mol. The predicted molar refractivity (Wildman–Crippen MR) is 90.8 cm³/mol. The highest BCUT2D eigenvalue weighted by atomic mass is 16.8. The van der Waals surface area contributed by atoms with E-state index in [-0.39, 0.29) is 0 Å². The molecular formula is C16H26O15. The normalized spacial score (nSPS) is 41.7. The molecule has 0 bridgehead atoms. The number of rotatable bonds is 9. The largest absolute Gasteiger partial charge is 0.481 e. The van der Waals surface area contributed by atoms with Crippen molar-refractivity contribution < 1.29 is 74.5 Å². The fourth-order valence-corrected chi connectivity index (χ4v) is 3.13. The van der Waals surface area contributed by atoms with Crippen LogP contribution in [0, 0.1) is 0 Å². The average molecular weight is 458 g/mol. The topological polar surface area (TPSA) is 253 Å². The second-order valence-corrected chi connectivity index (χ2v) is 7.12. The summed E-state index contributed by atoms with van der Waals surface area (Å²) in [6.45, 7) is -2.71. The van der Waals surface area contributed by atoms with Crippen LogP contribution in [-0.4, -0.2) is 139 Å². The van der Waals surface area contributed by atoms with Crippen molar-refractivity contribution in [2.75, 3.05) is 19.8 Å². The Hall–Kier alpha value is -1.50. The molecule has 2 aliphatic rings. The van der Waals surface area contributed by atoms with Crippen molar-refractivity contribution in [1.82, 2.24) is 0 Å². The van der Waals surface area contributed by atoms with Gasteiger partial charge in [-0.15, -0.1) is 0 Å². The van der Waals surface area contributed by atoms with E-state index in [1.54, 1.807) is 0 Å². The lowest BCUT2D eigenvalue weighted by atomic mass is 9.99. The lowest BCUT2D eigenvalue weighted by molar-refractivity contribution is -0.384. The van der Waals surface area contributed by atoms with Gasteiger partial charge in [0.2, 0.25) is 5.79 Å². The third-order valence-electron chi connectivity index (χ3n) is 4.91. The Kier molecular flexibility index (Phi) is 8.65. The maximum absolute atomic E-state index is 11.8. The van der Waals surface area contributed by atoms with Gasteiger partial charge in [0.15, 0.2) is 12.4 Å². The Balaban J connectivity index is 2.23. The molecule has 180 valence electrons. The smallest absolute Gasteiger partial charge is 0.335 e. The summed E-state index contributed by atoms with van der Waals surface area (Å²) in [7, 11) is 0. The van der Waals surface area contributed by atoms with Crippen LogP contribution in [0.25, 0.3) is 0 Å². The number of hydrogen-bond acceptors (Lipinski definition) is 14. The van der Waals surface area contributed by atoms with Gasteiger partial charge in [0.05, 0.1) is 19.6 Å². The third kappa shape index (κ3) is 5.47. The minimum absolute atomic E-state index is 0.806. The van der Waals surface area contributed by atoms with Gasteiger partial charge < -0.3 is 64.9 Å². The lowest BCUT2D eigenvalue weighted by Gasteiger charge is -2.43. The van der Waals surface area contributed by atoms with Gasteiger partial charge in [0.25, 0.3) is 0 Å². The van der Waals surface area contributed by atoms with Gasteiger partial charge in [-0.2, -0.15) is 0 Å². The van der Waals surface area contributed by atoms with E-state index in [2.05, 4.69) is 0 Å². The van der Waals surface area contributed by atoms with Crippen LogP contribution in [0.4, 0.5) is 0 Å². The Morgan fingerprint density at radius 1 is 0.935 bits per heavy atom. The summed E-state index contributed by atoms with van der Waals surface area (Å²) in [5, 5.41) is 87.0. The van der Waals surface area contributed by atoms with Crippen LogP contribution in [0.15, 0.2) is 0 Å². The molecule has 0 aliphatic carbocycles. The van der Waals surface area contributed by atoms with Crippen molar-refractivity contribution >= 4 is 11.9 Å². The molecule has 2 saturated heterocycles. The first kappa shape index (κ1) is 25.8. The molecule has 31 heavy (non-hydrogen) atoms. The molecule has 0 aromatic rings. The Morgan fingerprint density at radius 3 is 2.06 bits per heavy atom. The highest BCUT2D eigenvalue weighted by Crippen LogP contribution is 2.36. The number of carboxylic acids is 1. The van der Waals surface area contributed by atoms with Crippen molar-refractivity contribution in [3.05, 3.63) is 0 Å². The van der Waals surface area contributed by atoms with Crippen LogP contribution in [0.2, 0.25) is 0 Å². The molecule has 0 aromatic carbocycles. The molecule has 2 rings (SSSR count). The fraction of sp³-hybridized carbons (Fsp3) is 0.875. The monoisotopic (exact) mass is 458 g/mol. The van der Waals surface area contributed by atoms with E-state index in [0.29, 0.717) is 0 Å². The number of aliphatic hydroxyl groups excluding tert-OH is 8. The van der Waals surface area contributed by atoms with Crippen molar-refractivity contribution in [2.45, 2.75) is 67.3 Å². The maximum Gasteiger partial charge on any atom is 0.335 e. The number of aliphatic hydroxyl groups is 8. The van der Waals surface area contributed by atoms with Crippen LogP contribution < -0.4 is 0 Å². The van der Waals surface area contributed by atoms with Crippen LogP contribution in [0.1, 0.15) is 6.42 Å². The summed E-state index contributed by atoms with van der Waals surface area (Å²) in [6, 6.07) is 0. The van der Waals surface area contributed by atoms with Gasteiger partial charge in [0.1, 0.15) is 49.3 Å². The van der Waals surface area contributed by atoms with Crippen LogP contribution in [0.5, 0.6) is 0 Å². The Bertz CT molecular complexity index is 628. The number of ether oxygens (including phenoxy) is 4. The standard InChI is InChI=1S/C16H26O15/c17-2-6-9(22)11(24)12(25)15(29-6)31-16(13(26)10(23)7(3-18)30-16)4-28-14(27)5(19)1-8(20)21/h5-7,9-13,15,17-19,22-26H,1-4H2,(H,20,21)/t5?,6-,7-,9-,10-,11+,12-,13+,15-,16+/m1/s1. The number of carbonyl (C=O) groups is 2. The summed E-state index contributed by atoms with van der Waals surface area (Å²) in [5.41, 5.74) is 0. The van der Waals surface area contributed by atoms with Gasteiger partial charge in [0, 0.05) is 0 Å². The van der Waals surface area contributed by atoms with Crippen molar-refractivity contribution in [3.63, 3.8) is 0 Å². The third-order valence-corrected chi connectivity index (χ3v) is 4.91. The van der Waals surface area contributed by atoms with Gasteiger partial charge in [-0.3, -0.25) is 4.79 Å². The maximum atomic E-state index is 11.8. The van der Waals surface area contributed by atoms with Crippen molar-refractivity contribution in [2.24, 2.45) is 0 Å². The zero-order chi connectivity index (χ0) is 23.5. The number of carbonyl (C=O) groups excluding carboxylic acids is 1. The molecule has 9 N–H and O–H groups in total. The summed E-state index contributed by atoms with van der Waals surface area (Å²) >= 11 is 0. The molecule has 2 aliphatic heterocycles. The second kappa shape index (κ2) is 10.4. The van der Waals surface area contributed by atoms with Crippen LogP contribution in [-0.2, 0) is 28.5 Å². The van der Waals surface area contributed by atoms with Gasteiger partial charge in [-0.1, -0.05) is 0 Å².